The quantitative estimate of drug-likeness (QED) is 0.782. The van der Waals surface area contributed by atoms with E-state index in [1.165, 1.54) is 16.4 Å². The maximum Gasteiger partial charge on any atom is 0.248 e. The Kier molecular flexibility index (Phi) is 3.56. The van der Waals surface area contributed by atoms with Gasteiger partial charge in [0.2, 0.25) is 10.0 Å². The van der Waals surface area contributed by atoms with Gasteiger partial charge in [-0.25, -0.2) is 12.8 Å². The van der Waals surface area contributed by atoms with Gasteiger partial charge in [-0.3, -0.25) is 0 Å². The Morgan fingerprint density at radius 1 is 1.50 bits per heavy atom. The Bertz CT molecular complexity index is 527. The van der Waals surface area contributed by atoms with E-state index >= 15 is 0 Å². The molecule has 0 saturated carbocycles. The summed E-state index contributed by atoms with van der Waals surface area (Å²) in [7, 11) is -3.92. The highest BCUT2D eigenvalue weighted by atomic mass is 32.2. The second-order valence-electron chi connectivity index (χ2n) is 4.36. The summed E-state index contributed by atoms with van der Waals surface area (Å²) < 4.78 is 39.3. The topological polar surface area (TPSA) is 83.6 Å². The van der Waals surface area contributed by atoms with Gasteiger partial charge in [0.15, 0.2) is 0 Å². The van der Waals surface area contributed by atoms with Crippen LogP contribution in [0.1, 0.15) is 6.42 Å². The predicted molar refractivity (Wildman–Crippen MR) is 64.8 cm³/mol. The zero-order valence-electron chi connectivity index (χ0n) is 9.71. The summed E-state index contributed by atoms with van der Waals surface area (Å²) in [5.74, 6) is -0.935. The molecule has 7 heteroatoms. The Morgan fingerprint density at radius 2 is 2.22 bits per heavy atom. The average molecular weight is 274 g/mol. The standard InChI is InChI=1S/C11H15FN2O3S/c12-9-2-1-3-10(13)11(9)18(16,17)14-5-4-8(6-14)7-15/h1-3,8,15H,4-7,13H2. The molecule has 1 aliphatic heterocycles. The highest BCUT2D eigenvalue weighted by molar-refractivity contribution is 7.89. The first-order valence-corrected chi connectivity index (χ1v) is 7.06. The van der Waals surface area contributed by atoms with Crippen molar-refractivity contribution in [2.45, 2.75) is 11.3 Å². The van der Waals surface area contributed by atoms with Crippen molar-refractivity contribution in [3.8, 4) is 0 Å². The van der Waals surface area contributed by atoms with E-state index < -0.39 is 20.7 Å². The van der Waals surface area contributed by atoms with Crippen LogP contribution in [0.5, 0.6) is 0 Å². The first-order valence-electron chi connectivity index (χ1n) is 5.62. The number of benzene rings is 1. The summed E-state index contributed by atoms with van der Waals surface area (Å²) in [6, 6.07) is 3.79. The molecule has 100 valence electrons. The molecule has 0 spiro atoms. The number of anilines is 1. The van der Waals surface area contributed by atoms with E-state index in [1.807, 2.05) is 0 Å². The number of rotatable bonds is 3. The summed E-state index contributed by atoms with van der Waals surface area (Å²) in [5.41, 5.74) is 5.45. The molecular weight excluding hydrogens is 259 g/mol. The van der Waals surface area contributed by atoms with Crippen LogP contribution in [-0.2, 0) is 10.0 Å². The Labute approximate surface area is 105 Å². The fourth-order valence-corrected chi connectivity index (χ4v) is 3.78. The van der Waals surface area contributed by atoms with Gasteiger partial charge in [0.1, 0.15) is 10.7 Å². The van der Waals surface area contributed by atoms with E-state index in [0.717, 1.165) is 6.07 Å². The molecule has 0 aliphatic carbocycles. The highest BCUT2D eigenvalue weighted by Gasteiger charge is 2.35. The third-order valence-electron chi connectivity index (χ3n) is 3.10. The van der Waals surface area contributed by atoms with Gasteiger partial charge in [0, 0.05) is 19.7 Å². The van der Waals surface area contributed by atoms with Gasteiger partial charge in [-0.15, -0.1) is 0 Å². The Balaban J connectivity index is 2.38. The van der Waals surface area contributed by atoms with E-state index in [2.05, 4.69) is 0 Å². The minimum atomic E-state index is -3.92. The van der Waals surface area contributed by atoms with E-state index in [9.17, 15) is 12.8 Å². The molecule has 5 nitrogen and oxygen atoms in total. The molecule has 1 aromatic carbocycles. The minimum Gasteiger partial charge on any atom is -0.398 e. The second-order valence-corrected chi connectivity index (χ2v) is 6.23. The largest absolute Gasteiger partial charge is 0.398 e. The number of nitrogen functional groups attached to an aromatic ring is 1. The van der Waals surface area contributed by atoms with Gasteiger partial charge in [-0.05, 0) is 24.5 Å². The maximum atomic E-state index is 13.6. The van der Waals surface area contributed by atoms with Gasteiger partial charge in [-0.2, -0.15) is 4.31 Å². The fraction of sp³-hybridized carbons (Fsp3) is 0.455. The predicted octanol–water partition coefficient (Wildman–Crippen LogP) is 0.411. The molecule has 1 fully saturated rings. The monoisotopic (exact) mass is 274 g/mol. The van der Waals surface area contributed by atoms with Crippen molar-refractivity contribution in [2.24, 2.45) is 5.92 Å². The third-order valence-corrected chi connectivity index (χ3v) is 5.06. The van der Waals surface area contributed by atoms with E-state index in [4.69, 9.17) is 10.8 Å². The molecule has 1 aromatic rings. The number of hydrogen-bond acceptors (Lipinski definition) is 4. The molecule has 0 radical (unpaired) electrons. The van der Waals surface area contributed by atoms with Crippen molar-refractivity contribution >= 4 is 15.7 Å². The molecule has 1 unspecified atom stereocenters. The molecule has 0 aromatic heterocycles. The van der Waals surface area contributed by atoms with Crippen LogP contribution in [0.3, 0.4) is 0 Å². The number of hydrogen-bond donors (Lipinski definition) is 2. The van der Waals surface area contributed by atoms with Crippen LogP contribution in [-0.4, -0.2) is 37.5 Å². The summed E-state index contributed by atoms with van der Waals surface area (Å²) >= 11 is 0. The molecule has 3 N–H and O–H groups in total. The fourth-order valence-electron chi connectivity index (χ4n) is 2.09. The van der Waals surface area contributed by atoms with Crippen molar-refractivity contribution in [2.75, 3.05) is 25.4 Å². The van der Waals surface area contributed by atoms with Crippen LogP contribution < -0.4 is 5.73 Å². The van der Waals surface area contributed by atoms with Gasteiger partial charge in [-0.1, -0.05) is 6.07 Å². The SMILES string of the molecule is Nc1cccc(F)c1S(=O)(=O)N1CCC(CO)C1. The number of sulfonamides is 1. The van der Waals surface area contributed by atoms with Crippen LogP contribution in [0.15, 0.2) is 23.1 Å². The van der Waals surface area contributed by atoms with E-state index in [-0.39, 0.29) is 31.3 Å². The molecular formula is C11H15FN2O3S. The lowest BCUT2D eigenvalue weighted by molar-refractivity contribution is 0.233. The first kappa shape index (κ1) is 13.3. The summed E-state index contributed by atoms with van der Waals surface area (Å²) in [5, 5.41) is 9.01. The molecule has 1 heterocycles. The second kappa shape index (κ2) is 4.83. The first-order chi connectivity index (χ1) is 8.46. The summed E-state index contributed by atoms with van der Waals surface area (Å²) in [6.07, 6.45) is 0.573. The molecule has 0 amide bonds. The Morgan fingerprint density at radius 3 is 2.78 bits per heavy atom. The van der Waals surface area contributed by atoms with E-state index in [1.54, 1.807) is 0 Å². The molecule has 0 bridgehead atoms. The van der Waals surface area contributed by atoms with Crippen molar-refractivity contribution in [1.29, 1.82) is 0 Å². The van der Waals surface area contributed by atoms with Crippen LogP contribution in [0.4, 0.5) is 10.1 Å². The number of aliphatic hydroxyl groups is 1. The average Bonchev–Trinajstić information content (AvgIpc) is 2.77. The minimum absolute atomic E-state index is 0.0707. The molecule has 1 atom stereocenters. The van der Waals surface area contributed by atoms with Gasteiger partial charge in [0.25, 0.3) is 0 Å². The number of nitrogens with two attached hydrogens (primary N) is 1. The van der Waals surface area contributed by atoms with Gasteiger partial charge >= 0.3 is 0 Å². The van der Waals surface area contributed by atoms with Crippen molar-refractivity contribution in [1.82, 2.24) is 4.31 Å². The molecule has 2 rings (SSSR count). The maximum absolute atomic E-state index is 13.6. The number of aliphatic hydroxyl groups excluding tert-OH is 1. The third kappa shape index (κ3) is 2.21. The lowest BCUT2D eigenvalue weighted by atomic mass is 10.1. The Hall–Kier alpha value is -1.18. The van der Waals surface area contributed by atoms with E-state index in [0.29, 0.717) is 6.42 Å². The van der Waals surface area contributed by atoms with Crippen molar-refractivity contribution in [3.63, 3.8) is 0 Å². The summed E-state index contributed by atoms with van der Waals surface area (Å²) in [6.45, 7) is 0.409. The lowest BCUT2D eigenvalue weighted by Crippen LogP contribution is -2.30. The highest BCUT2D eigenvalue weighted by Crippen LogP contribution is 2.29. The smallest absolute Gasteiger partial charge is 0.248 e. The van der Waals surface area contributed by atoms with Crippen LogP contribution >= 0.6 is 0 Å². The van der Waals surface area contributed by atoms with Crippen LogP contribution in [0.25, 0.3) is 0 Å². The molecule has 1 saturated heterocycles. The van der Waals surface area contributed by atoms with Gasteiger partial charge in [0.05, 0.1) is 5.69 Å². The van der Waals surface area contributed by atoms with Gasteiger partial charge < -0.3 is 10.8 Å². The zero-order chi connectivity index (χ0) is 13.3. The zero-order valence-corrected chi connectivity index (χ0v) is 10.5. The van der Waals surface area contributed by atoms with Crippen molar-refractivity contribution in [3.05, 3.63) is 24.0 Å². The normalized spacial score (nSPS) is 21.3. The van der Waals surface area contributed by atoms with Crippen LogP contribution in [0.2, 0.25) is 0 Å². The summed E-state index contributed by atoms with van der Waals surface area (Å²) in [4.78, 5) is -0.469. The number of halogens is 1. The molecule has 18 heavy (non-hydrogen) atoms. The van der Waals surface area contributed by atoms with Crippen LogP contribution in [0, 0.1) is 11.7 Å². The van der Waals surface area contributed by atoms with Crippen molar-refractivity contribution < 1.29 is 17.9 Å². The molecule has 1 aliphatic rings. The lowest BCUT2D eigenvalue weighted by Gasteiger charge is -2.17. The number of nitrogens with zero attached hydrogens (tertiary/aromatic N) is 1.